The zero-order chi connectivity index (χ0) is 13.8. The number of hydrogen-bond donors (Lipinski definition) is 1. The van der Waals surface area contributed by atoms with E-state index in [9.17, 15) is 0 Å². The molecule has 0 aliphatic heterocycles. The zero-order valence-electron chi connectivity index (χ0n) is 11.2. The Morgan fingerprint density at radius 1 is 1.37 bits per heavy atom. The van der Waals surface area contributed by atoms with Crippen LogP contribution >= 0.6 is 0 Å². The summed E-state index contributed by atoms with van der Waals surface area (Å²) < 4.78 is 10.2. The lowest BCUT2D eigenvalue weighted by molar-refractivity contribution is 0.335. The first-order chi connectivity index (χ1) is 9.10. The molecule has 19 heavy (non-hydrogen) atoms. The summed E-state index contributed by atoms with van der Waals surface area (Å²) >= 11 is 0. The highest BCUT2D eigenvalue weighted by Gasteiger charge is 2.17. The Kier molecular flexibility index (Phi) is 4.06. The van der Waals surface area contributed by atoms with Gasteiger partial charge in [0.25, 0.3) is 0 Å². The highest BCUT2D eigenvalue weighted by Crippen LogP contribution is 2.21. The Hall–Kier alpha value is -2.02. The summed E-state index contributed by atoms with van der Waals surface area (Å²) in [5.74, 6) is 1.71. The van der Waals surface area contributed by atoms with Gasteiger partial charge in [-0.1, -0.05) is 19.0 Å². The van der Waals surface area contributed by atoms with Crippen LogP contribution in [0.2, 0.25) is 0 Å². The van der Waals surface area contributed by atoms with E-state index in [0.717, 1.165) is 6.42 Å². The summed E-state index contributed by atoms with van der Waals surface area (Å²) in [6.07, 6.45) is 2.17. The van der Waals surface area contributed by atoms with Crippen molar-refractivity contribution < 1.29 is 9.26 Å². The van der Waals surface area contributed by atoms with Crippen molar-refractivity contribution in [2.45, 2.75) is 26.3 Å². The molecule has 7 nitrogen and oxygen atoms in total. The summed E-state index contributed by atoms with van der Waals surface area (Å²) in [7, 11) is 1.53. The SMILES string of the molecule is COc1cc(-c2noc([C@@H](N)CC(C)C)n2)ncn1. The van der Waals surface area contributed by atoms with Gasteiger partial charge >= 0.3 is 0 Å². The molecular weight excluding hydrogens is 246 g/mol. The standard InChI is InChI=1S/C12H17N5O2/c1-7(2)4-8(13)12-16-11(17-19-12)9-5-10(18-3)15-6-14-9/h5-8H,4,13H2,1-3H3/t8-/m0/s1. The number of nitrogens with zero attached hydrogens (tertiary/aromatic N) is 4. The summed E-state index contributed by atoms with van der Waals surface area (Å²) in [4.78, 5) is 12.3. The number of rotatable bonds is 5. The number of nitrogens with two attached hydrogens (primary N) is 1. The molecule has 2 rings (SSSR count). The fraction of sp³-hybridized carbons (Fsp3) is 0.500. The first-order valence-corrected chi connectivity index (χ1v) is 6.05. The second kappa shape index (κ2) is 5.75. The molecule has 0 unspecified atom stereocenters. The summed E-state index contributed by atoms with van der Waals surface area (Å²) in [5.41, 5.74) is 6.53. The maximum atomic E-state index is 5.99. The van der Waals surface area contributed by atoms with Crippen LogP contribution in [0.5, 0.6) is 5.88 Å². The van der Waals surface area contributed by atoms with E-state index in [-0.39, 0.29) is 6.04 Å². The van der Waals surface area contributed by atoms with Crippen LogP contribution in [0.15, 0.2) is 16.9 Å². The van der Waals surface area contributed by atoms with E-state index < -0.39 is 0 Å². The van der Waals surface area contributed by atoms with E-state index in [0.29, 0.717) is 29.2 Å². The Morgan fingerprint density at radius 2 is 2.16 bits per heavy atom. The van der Waals surface area contributed by atoms with E-state index in [1.54, 1.807) is 6.07 Å². The minimum Gasteiger partial charge on any atom is -0.481 e. The fourth-order valence-electron chi connectivity index (χ4n) is 1.67. The molecule has 7 heteroatoms. The molecule has 0 radical (unpaired) electrons. The first-order valence-electron chi connectivity index (χ1n) is 6.05. The van der Waals surface area contributed by atoms with E-state index in [4.69, 9.17) is 15.0 Å². The zero-order valence-corrected chi connectivity index (χ0v) is 11.2. The quantitative estimate of drug-likeness (QED) is 0.873. The molecule has 2 heterocycles. The molecule has 0 aliphatic rings. The van der Waals surface area contributed by atoms with Crippen molar-refractivity contribution in [3.8, 4) is 17.4 Å². The predicted molar refractivity (Wildman–Crippen MR) is 68.3 cm³/mol. The topological polar surface area (TPSA) is 100.0 Å². The van der Waals surface area contributed by atoms with Gasteiger partial charge in [-0.25, -0.2) is 9.97 Å². The van der Waals surface area contributed by atoms with Crippen LogP contribution in [0.25, 0.3) is 11.5 Å². The van der Waals surface area contributed by atoms with E-state index in [2.05, 4.69) is 34.0 Å². The Labute approximate surface area is 111 Å². The van der Waals surface area contributed by atoms with Crippen molar-refractivity contribution >= 4 is 0 Å². The normalized spacial score (nSPS) is 12.7. The van der Waals surface area contributed by atoms with Crippen molar-refractivity contribution in [3.05, 3.63) is 18.3 Å². The van der Waals surface area contributed by atoms with Gasteiger partial charge in [0.05, 0.1) is 13.2 Å². The van der Waals surface area contributed by atoms with Gasteiger partial charge in [0.15, 0.2) is 0 Å². The Balaban J connectivity index is 2.20. The highest BCUT2D eigenvalue weighted by atomic mass is 16.5. The number of aromatic nitrogens is 4. The maximum absolute atomic E-state index is 5.99. The van der Waals surface area contributed by atoms with Crippen LogP contribution < -0.4 is 10.5 Å². The second-order valence-electron chi connectivity index (χ2n) is 4.64. The number of ether oxygens (including phenoxy) is 1. The van der Waals surface area contributed by atoms with Crippen molar-refractivity contribution in [2.24, 2.45) is 11.7 Å². The first kappa shape index (κ1) is 13.4. The molecule has 0 saturated carbocycles. The maximum Gasteiger partial charge on any atom is 0.243 e. The predicted octanol–water partition coefficient (Wildman–Crippen LogP) is 1.58. The van der Waals surface area contributed by atoms with Crippen LogP contribution in [0.1, 0.15) is 32.2 Å². The molecule has 0 fully saturated rings. The van der Waals surface area contributed by atoms with Gasteiger partial charge in [0, 0.05) is 6.07 Å². The Morgan fingerprint density at radius 3 is 2.84 bits per heavy atom. The molecule has 2 aromatic heterocycles. The van der Waals surface area contributed by atoms with Gasteiger partial charge in [-0.3, -0.25) is 0 Å². The van der Waals surface area contributed by atoms with Crippen molar-refractivity contribution in [2.75, 3.05) is 7.11 Å². The molecule has 0 amide bonds. The molecule has 0 aromatic carbocycles. The third-order valence-corrected chi connectivity index (χ3v) is 2.56. The Bertz CT molecular complexity index is 540. The van der Waals surface area contributed by atoms with Crippen molar-refractivity contribution in [1.29, 1.82) is 0 Å². The van der Waals surface area contributed by atoms with E-state index in [1.807, 2.05) is 0 Å². The molecule has 102 valence electrons. The van der Waals surface area contributed by atoms with Gasteiger partial charge in [0.2, 0.25) is 17.6 Å². The van der Waals surface area contributed by atoms with E-state index >= 15 is 0 Å². The van der Waals surface area contributed by atoms with Gasteiger partial charge < -0.3 is 15.0 Å². The molecule has 2 N–H and O–H groups in total. The molecule has 2 aromatic rings. The van der Waals surface area contributed by atoms with Gasteiger partial charge in [-0.05, 0) is 12.3 Å². The smallest absolute Gasteiger partial charge is 0.243 e. The lowest BCUT2D eigenvalue weighted by Gasteiger charge is -2.08. The van der Waals surface area contributed by atoms with Crippen LogP contribution in [0, 0.1) is 5.92 Å². The molecule has 0 bridgehead atoms. The van der Waals surface area contributed by atoms with Crippen LogP contribution in [-0.4, -0.2) is 27.2 Å². The molecule has 1 atom stereocenters. The van der Waals surface area contributed by atoms with E-state index in [1.165, 1.54) is 13.4 Å². The fourth-order valence-corrected chi connectivity index (χ4v) is 1.67. The van der Waals surface area contributed by atoms with Crippen LogP contribution in [-0.2, 0) is 0 Å². The minimum absolute atomic E-state index is 0.259. The summed E-state index contributed by atoms with van der Waals surface area (Å²) in [6.45, 7) is 4.18. The highest BCUT2D eigenvalue weighted by molar-refractivity contribution is 5.49. The van der Waals surface area contributed by atoms with Gasteiger partial charge in [0.1, 0.15) is 12.0 Å². The number of hydrogen-bond acceptors (Lipinski definition) is 7. The monoisotopic (exact) mass is 263 g/mol. The average molecular weight is 263 g/mol. The lowest BCUT2D eigenvalue weighted by Crippen LogP contribution is -2.13. The largest absolute Gasteiger partial charge is 0.481 e. The lowest BCUT2D eigenvalue weighted by atomic mass is 10.0. The summed E-state index contributed by atoms with van der Waals surface area (Å²) in [6, 6.07) is 1.38. The third kappa shape index (κ3) is 3.25. The van der Waals surface area contributed by atoms with Gasteiger partial charge in [-0.15, -0.1) is 0 Å². The molecule has 0 aliphatic carbocycles. The second-order valence-corrected chi connectivity index (χ2v) is 4.64. The molecular formula is C12H17N5O2. The van der Waals surface area contributed by atoms with Crippen molar-refractivity contribution in [1.82, 2.24) is 20.1 Å². The van der Waals surface area contributed by atoms with Gasteiger partial charge in [-0.2, -0.15) is 4.98 Å². The molecule has 0 saturated heterocycles. The van der Waals surface area contributed by atoms with Crippen molar-refractivity contribution in [3.63, 3.8) is 0 Å². The van der Waals surface area contributed by atoms with Crippen LogP contribution in [0.4, 0.5) is 0 Å². The van der Waals surface area contributed by atoms with Crippen LogP contribution in [0.3, 0.4) is 0 Å². The average Bonchev–Trinajstić information content (AvgIpc) is 2.88. The third-order valence-electron chi connectivity index (χ3n) is 2.56. The number of methoxy groups -OCH3 is 1. The summed E-state index contributed by atoms with van der Waals surface area (Å²) in [5, 5.41) is 3.88. The minimum atomic E-state index is -0.259. The molecule has 0 spiro atoms.